The molecule has 15 heavy (non-hydrogen) atoms. The zero-order chi connectivity index (χ0) is 11.7. The predicted octanol–water partition coefficient (Wildman–Crippen LogP) is 4.26. The third-order valence-electron chi connectivity index (χ3n) is 3.01. The molecule has 2 heteroatoms. The number of unbranched alkanes of at least 4 members (excludes halogenated alkanes) is 1. The van der Waals surface area contributed by atoms with E-state index in [1.165, 1.54) is 25.7 Å². The smallest absolute Gasteiger partial charge is 0.133 e. The number of hydrogen-bond acceptors (Lipinski definition) is 2. The van der Waals surface area contributed by atoms with Crippen LogP contribution in [0.2, 0.25) is 0 Å². The molecular weight excluding hydrogens is 204 g/mol. The summed E-state index contributed by atoms with van der Waals surface area (Å²) in [6.07, 6.45) is 7.50. The Balaban J connectivity index is 3.79. The van der Waals surface area contributed by atoms with E-state index in [0.717, 1.165) is 12.3 Å². The fourth-order valence-corrected chi connectivity index (χ4v) is 2.36. The summed E-state index contributed by atoms with van der Waals surface area (Å²) >= 11 is 4.52. The van der Waals surface area contributed by atoms with Crippen molar-refractivity contribution in [2.24, 2.45) is 5.92 Å². The van der Waals surface area contributed by atoms with Crippen LogP contribution in [-0.4, -0.2) is 11.0 Å². The molecule has 0 bridgehead atoms. The molecule has 0 saturated heterocycles. The molecule has 0 spiro atoms. The fourth-order valence-electron chi connectivity index (χ4n) is 1.86. The number of thiol groups is 1. The first-order valence-electron chi connectivity index (χ1n) is 6.33. The van der Waals surface area contributed by atoms with E-state index < -0.39 is 0 Å². The third-order valence-corrected chi connectivity index (χ3v) is 3.40. The molecule has 2 atom stereocenters. The summed E-state index contributed by atoms with van der Waals surface area (Å²) < 4.78 is 0. The molecule has 0 aliphatic heterocycles. The minimum absolute atomic E-state index is 0.277. The molecule has 0 amide bonds. The molecule has 0 aromatic rings. The lowest BCUT2D eigenvalue weighted by Crippen LogP contribution is -2.12. The van der Waals surface area contributed by atoms with Gasteiger partial charge < -0.3 is 0 Å². The molecule has 0 aromatic heterocycles. The SMILES string of the molecule is CCCCC(CC)CC(S)CC(=O)CC. The summed E-state index contributed by atoms with van der Waals surface area (Å²) in [5, 5.41) is 0.277. The second-order valence-electron chi connectivity index (χ2n) is 4.40. The van der Waals surface area contributed by atoms with Gasteiger partial charge in [0, 0.05) is 18.1 Å². The number of rotatable bonds is 9. The Morgan fingerprint density at radius 1 is 1.27 bits per heavy atom. The predicted molar refractivity (Wildman–Crippen MR) is 70.6 cm³/mol. The lowest BCUT2D eigenvalue weighted by molar-refractivity contribution is -0.118. The molecule has 0 N–H and O–H groups in total. The van der Waals surface area contributed by atoms with Crippen molar-refractivity contribution >= 4 is 18.4 Å². The summed E-state index contributed by atoms with van der Waals surface area (Å²) in [5.41, 5.74) is 0. The summed E-state index contributed by atoms with van der Waals surface area (Å²) in [7, 11) is 0. The van der Waals surface area contributed by atoms with Crippen molar-refractivity contribution in [2.45, 2.75) is 71.0 Å². The highest BCUT2D eigenvalue weighted by molar-refractivity contribution is 7.81. The van der Waals surface area contributed by atoms with Gasteiger partial charge in [0.25, 0.3) is 0 Å². The van der Waals surface area contributed by atoms with Crippen molar-refractivity contribution in [2.75, 3.05) is 0 Å². The summed E-state index contributed by atoms with van der Waals surface area (Å²) in [6.45, 7) is 6.39. The summed E-state index contributed by atoms with van der Waals surface area (Å²) in [4.78, 5) is 11.3. The van der Waals surface area contributed by atoms with Gasteiger partial charge in [-0.2, -0.15) is 12.6 Å². The Morgan fingerprint density at radius 3 is 2.40 bits per heavy atom. The van der Waals surface area contributed by atoms with Gasteiger partial charge in [-0.1, -0.05) is 46.5 Å². The van der Waals surface area contributed by atoms with Crippen LogP contribution in [-0.2, 0) is 4.79 Å². The minimum Gasteiger partial charge on any atom is -0.300 e. The Kier molecular flexibility index (Phi) is 9.27. The van der Waals surface area contributed by atoms with Crippen molar-refractivity contribution in [3.05, 3.63) is 0 Å². The van der Waals surface area contributed by atoms with E-state index in [-0.39, 0.29) is 5.25 Å². The molecule has 0 fully saturated rings. The summed E-state index contributed by atoms with van der Waals surface area (Å²) in [6, 6.07) is 0. The van der Waals surface area contributed by atoms with E-state index in [1.807, 2.05) is 6.92 Å². The van der Waals surface area contributed by atoms with Gasteiger partial charge in [0.2, 0.25) is 0 Å². The molecule has 1 nitrogen and oxygen atoms in total. The van der Waals surface area contributed by atoms with Crippen LogP contribution in [0.15, 0.2) is 0 Å². The average Bonchev–Trinajstić information content (AvgIpc) is 2.23. The first-order valence-corrected chi connectivity index (χ1v) is 6.85. The molecule has 0 heterocycles. The van der Waals surface area contributed by atoms with Crippen LogP contribution in [0.1, 0.15) is 65.7 Å². The second kappa shape index (κ2) is 9.26. The Bertz CT molecular complexity index is 168. The molecular formula is C13H26OS. The molecule has 0 saturated carbocycles. The van der Waals surface area contributed by atoms with Crippen LogP contribution in [0.5, 0.6) is 0 Å². The van der Waals surface area contributed by atoms with Crippen LogP contribution in [0.3, 0.4) is 0 Å². The Hall–Kier alpha value is 0.0200. The van der Waals surface area contributed by atoms with Crippen LogP contribution >= 0.6 is 12.6 Å². The number of Topliss-reactive ketones (excluding diaryl/α,β-unsaturated/α-hetero) is 1. The highest BCUT2D eigenvalue weighted by Gasteiger charge is 2.14. The lowest BCUT2D eigenvalue weighted by Gasteiger charge is -2.18. The van der Waals surface area contributed by atoms with Gasteiger partial charge in [-0.25, -0.2) is 0 Å². The largest absolute Gasteiger partial charge is 0.300 e. The van der Waals surface area contributed by atoms with Gasteiger partial charge >= 0.3 is 0 Å². The van der Waals surface area contributed by atoms with Crippen molar-refractivity contribution in [1.82, 2.24) is 0 Å². The van der Waals surface area contributed by atoms with Crippen LogP contribution in [0.25, 0.3) is 0 Å². The molecule has 0 aromatic carbocycles. The maximum absolute atomic E-state index is 11.3. The van der Waals surface area contributed by atoms with E-state index in [1.54, 1.807) is 0 Å². The van der Waals surface area contributed by atoms with Crippen molar-refractivity contribution in [3.8, 4) is 0 Å². The number of carbonyl (C=O) groups is 1. The average molecular weight is 230 g/mol. The van der Waals surface area contributed by atoms with Crippen molar-refractivity contribution in [1.29, 1.82) is 0 Å². The maximum Gasteiger partial charge on any atom is 0.133 e. The van der Waals surface area contributed by atoms with E-state index in [2.05, 4.69) is 26.5 Å². The number of ketones is 1. The van der Waals surface area contributed by atoms with E-state index >= 15 is 0 Å². The quantitative estimate of drug-likeness (QED) is 0.586. The normalized spacial score (nSPS) is 14.9. The Morgan fingerprint density at radius 2 is 1.93 bits per heavy atom. The number of carbonyl (C=O) groups excluding carboxylic acids is 1. The van der Waals surface area contributed by atoms with Gasteiger partial charge in [-0.15, -0.1) is 0 Å². The first-order chi connectivity index (χ1) is 7.13. The second-order valence-corrected chi connectivity index (χ2v) is 5.13. The topological polar surface area (TPSA) is 17.1 Å². The zero-order valence-electron chi connectivity index (χ0n) is 10.5. The molecule has 90 valence electrons. The Labute approximate surface area is 100 Å². The monoisotopic (exact) mass is 230 g/mol. The van der Waals surface area contributed by atoms with Crippen LogP contribution in [0, 0.1) is 5.92 Å². The van der Waals surface area contributed by atoms with E-state index in [9.17, 15) is 4.79 Å². The highest BCUT2D eigenvalue weighted by atomic mass is 32.1. The summed E-state index contributed by atoms with van der Waals surface area (Å²) in [5.74, 6) is 1.11. The molecule has 0 radical (unpaired) electrons. The van der Waals surface area contributed by atoms with Gasteiger partial charge in [0.05, 0.1) is 0 Å². The van der Waals surface area contributed by atoms with Gasteiger partial charge in [0.1, 0.15) is 5.78 Å². The maximum atomic E-state index is 11.3. The van der Waals surface area contributed by atoms with E-state index in [0.29, 0.717) is 18.6 Å². The molecule has 0 rings (SSSR count). The van der Waals surface area contributed by atoms with E-state index in [4.69, 9.17) is 0 Å². The standard InChI is InChI=1S/C13H26OS/c1-4-7-8-11(5-2)9-13(15)10-12(14)6-3/h11,13,15H,4-10H2,1-3H3. The van der Waals surface area contributed by atoms with Crippen LogP contribution < -0.4 is 0 Å². The zero-order valence-corrected chi connectivity index (χ0v) is 11.4. The van der Waals surface area contributed by atoms with Gasteiger partial charge in [-0.3, -0.25) is 4.79 Å². The molecule has 0 aliphatic carbocycles. The van der Waals surface area contributed by atoms with Crippen molar-refractivity contribution in [3.63, 3.8) is 0 Å². The fraction of sp³-hybridized carbons (Fsp3) is 0.923. The number of hydrogen-bond donors (Lipinski definition) is 1. The van der Waals surface area contributed by atoms with Crippen molar-refractivity contribution < 1.29 is 4.79 Å². The highest BCUT2D eigenvalue weighted by Crippen LogP contribution is 2.22. The van der Waals surface area contributed by atoms with Crippen LogP contribution in [0.4, 0.5) is 0 Å². The lowest BCUT2D eigenvalue weighted by atomic mass is 9.92. The molecule has 0 aliphatic rings. The minimum atomic E-state index is 0.277. The first kappa shape index (κ1) is 15.0. The van der Waals surface area contributed by atoms with Gasteiger partial charge in [-0.05, 0) is 12.3 Å². The molecule has 2 unspecified atom stereocenters. The third kappa shape index (κ3) is 7.89. The van der Waals surface area contributed by atoms with Gasteiger partial charge in [0.15, 0.2) is 0 Å².